The number of methoxy groups -OCH3 is 1. The number of aromatic nitrogens is 2. The van der Waals surface area contributed by atoms with E-state index in [0.717, 1.165) is 11.6 Å². The van der Waals surface area contributed by atoms with Gasteiger partial charge < -0.3 is 4.74 Å². The fourth-order valence-electron chi connectivity index (χ4n) is 0.984. The Kier molecular flexibility index (Phi) is 1.49. The number of nitrogens with zero attached hydrogens (tertiary/aromatic N) is 2. The lowest BCUT2D eigenvalue weighted by molar-refractivity contribution is 0.410. The Bertz CT molecular complexity index is 241. The van der Waals surface area contributed by atoms with E-state index in [1.807, 2.05) is 0 Å². The lowest BCUT2D eigenvalue weighted by atomic mass is 10.4. The van der Waals surface area contributed by atoms with Crippen molar-refractivity contribution in [3.8, 4) is 5.75 Å². The Morgan fingerprint density at radius 2 is 2.00 bits per heavy atom. The smallest absolute Gasteiger partial charge is 0.155 e. The monoisotopic (exact) mass is 150 g/mol. The Labute approximate surface area is 65.4 Å². The third kappa shape index (κ3) is 1.31. The molecular formula is C8H10N2O. The average Bonchev–Trinajstić information content (AvgIpc) is 2.87. The fourth-order valence-corrected chi connectivity index (χ4v) is 0.984. The number of hydrogen-bond acceptors (Lipinski definition) is 3. The number of ether oxygens (including phenoxy) is 1. The molecule has 0 atom stereocenters. The van der Waals surface area contributed by atoms with Gasteiger partial charge in [0.15, 0.2) is 5.75 Å². The summed E-state index contributed by atoms with van der Waals surface area (Å²) < 4.78 is 4.94. The molecule has 0 unspecified atom stereocenters. The van der Waals surface area contributed by atoms with Crippen LogP contribution < -0.4 is 4.74 Å². The van der Waals surface area contributed by atoms with Gasteiger partial charge >= 0.3 is 0 Å². The SMILES string of the molecule is COc1cnc(C2CC2)nc1. The van der Waals surface area contributed by atoms with Crippen molar-refractivity contribution in [1.29, 1.82) is 0 Å². The fraction of sp³-hybridized carbons (Fsp3) is 0.500. The van der Waals surface area contributed by atoms with Crippen LogP contribution >= 0.6 is 0 Å². The molecule has 2 rings (SSSR count). The van der Waals surface area contributed by atoms with Gasteiger partial charge in [0.2, 0.25) is 0 Å². The summed E-state index contributed by atoms with van der Waals surface area (Å²) in [6.07, 6.45) is 5.93. The molecule has 58 valence electrons. The van der Waals surface area contributed by atoms with Crippen LogP contribution in [0, 0.1) is 0 Å². The molecule has 11 heavy (non-hydrogen) atoms. The van der Waals surface area contributed by atoms with E-state index in [0.29, 0.717) is 5.92 Å². The van der Waals surface area contributed by atoms with Crippen molar-refractivity contribution in [3.63, 3.8) is 0 Å². The summed E-state index contributed by atoms with van der Waals surface area (Å²) in [7, 11) is 1.62. The van der Waals surface area contributed by atoms with Gasteiger partial charge in [0.25, 0.3) is 0 Å². The van der Waals surface area contributed by atoms with Crippen LogP contribution in [0.4, 0.5) is 0 Å². The van der Waals surface area contributed by atoms with E-state index >= 15 is 0 Å². The summed E-state index contributed by atoms with van der Waals surface area (Å²) in [6, 6.07) is 0. The quantitative estimate of drug-likeness (QED) is 0.638. The first-order valence-electron chi connectivity index (χ1n) is 3.76. The molecule has 0 spiro atoms. The zero-order chi connectivity index (χ0) is 7.68. The van der Waals surface area contributed by atoms with Gasteiger partial charge in [0, 0.05) is 5.92 Å². The van der Waals surface area contributed by atoms with Crippen molar-refractivity contribution in [2.75, 3.05) is 7.11 Å². The van der Waals surface area contributed by atoms with Crippen molar-refractivity contribution in [2.24, 2.45) is 0 Å². The highest BCUT2D eigenvalue weighted by Crippen LogP contribution is 2.37. The second kappa shape index (κ2) is 2.49. The first-order valence-corrected chi connectivity index (χ1v) is 3.76. The molecule has 1 aromatic heterocycles. The topological polar surface area (TPSA) is 35.0 Å². The van der Waals surface area contributed by atoms with Gasteiger partial charge in [-0.15, -0.1) is 0 Å². The van der Waals surface area contributed by atoms with Crippen molar-refractivity contribution >= 4 is 0 Å². The highest BCUT2D eigenvalue weighted by atomic mass is 16.5. The van der Waals surface area contributed by atoms with Gasteiger partial charge in [-0.2, -0.15) is 0 Å². The summed E-state index contributed by atoms with van der Waals surface area (Å²) >= 11 is 0. The minimum absolute atomic E-state index is 0.626. The van der Waals surface area contributed by atoms with Crippen LogP contribution in [-0.2, 0) is 0 Å². The van der Waals surface area contributed by atoms with E-state index in [2.05, 4.69) is 9.97 Å². The summed E-state index contributed by atoms with van der Waals surface area (Å²) in [5, 5.41) is 0. The van der Waals surface area contributed by atoms with E-state index in [1.54, 1.807) is 19.5 Å². The summed E-state index contributed by atoms with van der Waals surface area (Å²) in [4.78, 5) is 8.35. The summed E-state index contributed by atoms with van der Waals surface area (Å²) in [6.45, 7) is 0. The Hall–Kier alpha value is -1.12. The van der Waals surface area contributed by atoms with Gasteiger partial charge in [-0.05, 0) is 12.8 Å². The number of hydrogen-bond donors (Lipinski definition) is 0. The third-order valence-corrected chi connectivity index (χ3v) is 1.83. The first-order chi connectivity index (χ1) is 5.40. The molecule has 0 N–H and O–H groups in total. The molecule has 0 saturated heterocycles. The Morgan fingerprint density at radius 1 is 1.36 bits per heavy atom. The molecule has 3 heteroatoms. The standard InChI is InChI=1S/C8H10N2O/c1-11-7-4-9-8(10-5-7)6-2-3-6/h4-6H,2-3H2,1H3. The van der Waals surface area contributed by atoms with Crippen LogP contribution in [0.25, 0.3) is 0 Å². The molecule has 1 heterocycles. The molecule has 1 fully saturated rings. The lowest BCUT2D eigenvalue weighted by Gasteiger charge is -1.98. The van der Waals surface area contributed by atoms with Gasteiger partial charge in [-0.1, -0.05) is 0 Å². The van der Waals surface area contributed by atoms with Crippen LogP contribution in [0.2, 0.25) is 0 Å². The molecule has 0 amide bonds. The van der Waals surface area contributed by atoms with Gasteiger partial charge in [0.05, 0.1) is 19.5 Å². The molecule has 3 nitrogen and oxygen atoms in total. The Balaban J connectivity index is 2.19. The minimum atomic E-state index is 0.626. The zero-order valence-electron chi connectivity index (χ0n) is 6.45. The maximum Gasteiger partial charge on any atom is 0.155 e. The third-order valence-electron chi connectivity index (χ3n) is 1.83. The zero-order valence-corrected chi connectivity index (χ0v) is 6.45. The van der Waals surface area contributed by atoms with Gasteiger partial charge in [-0.25, -0.2) is 9.97 Å². The largest absolute Gasteiger partial charge is 0.494 e. The van der Waals surface area contributed by atoms with Crippen molar-refractivity contribution in [2.45, 2.75) is 18.8 Å². The van der Waals surface area contributed by atoms with Crippen molar-refractivity contribution in [3.05, 3.63) is 18.2 Å². The van der Waals surface area contributed by atoms with E-state index < -0.39 is 0 Å². The molecule has 1 aliphatic rings. The molecule has 1 aromatic rings. The second-order valence-electron chi connectivity index (χ2n) is 2.76. The Morgan fingerprint density at radius 3 is 2.45 bits per heavy atom. The second-order valence-corrected chi connectivity index (χ2v) is 2.76. The van der Waals surface area contributed by atoms with Gasteiger partial charge in [0.1, 0.15) is 5.82 Å². The lowest BCUT2D eigenvalue weighted by Crippen LogP contribution is -1.92. The van der Waals surface area contributed by atoms with Crippen molar-refractivity contribution < 1.29 is 4.74 Å². The van der Waals surface area contributed by atoms with Crippen LogP contribution in [0.3, 0.4) is 0 Å². The summed E-state index contributed by atoms with van der Waals surface area (Å²) in [5.41, 5.74) is 0. The van der Waals surface area contributed by atoms with E-state index in [1.165, 1.54) is 12.8 Å². The summed E-state index contributed by atoms with van der Waals surface area (Å²) in [5.74, 6) is 2.32. The predicted molar refractivity (Wildman–Crippen MR) is 40.6 cm³/mol. The van der Waals surface area contributed by atoms with E-state index in [-0.39, 0.29) is 0 Å². The normalized spacial score (nSPS) is 16.5. The molecule has 0 aliphatic heterocycles. The van der Waals surface area contributed by atoms with E-state index in [9.17, 15) is 0 Å². The predicted octanol–water partition coefficient (Wildman–Crippen LogP) is 1.36. The average molecular weight is 150 g/mol. The molecule has 1 saturated carbocycles. The van der Waals surface area contributed by atoms with E-state index in [4.69, 9.17) is 4.74 Å². The molecule has 0 radical (unpaired) electrons. The van der Waals surface area contributed by atoms with Crippen LogP contribution in [0.1, 0.15) is 24.6 Å². The van der Waals surface area contributed by atoms with Crippen molar-refractivity contribution in [1.82, 2.24) is 9.97 Å². The van der Waals surface area contributed by atoms with Gasteiger partial charge in [-0.3, -0.25) is 0 Å². The maximum absolute atomic E-state index is 4.94. The molecule has 0 aromatic carbocycles. The first kappa shape index (κ1) is 6.58. The molecule has 1 aliphatic carbocycles. The number of rotatable bonds is 2. The maximum atomic E-state index is 4.94. The van der Waals surface area contributed by atoms with Crippen LogP contribution in [0.5, 0.6) is 5.75 Å². The minimum Gasteiger partial charge on any atom is -0.494 e. The van der Waals surface area contributed by atoms with Crippen LogP contribution in [-0.4, -0.2) is 17.1 Å². The molecule has 0 bridgehead atoms. The highest BCUT2D eigenvalue weighted by molar-refractivity contribution is 5.15. The molecular weight excluding hydrogens is 140 g/mol. The van der Waals surface area contributed by atoms with Crippen LogP contribution in [0.15, 0.2) is 12.4 Å². The highest BCUT2D eigenvalue weighted by Gasteiger charge is 2.25.